The number of aryl methyl sites for hydroxylation is 1. The van der Waals surface area contributed by atoms with Crippen LogP contribution in [0.2, 0.25) is 5.15 Å². The van der Waals surface area contributed by atoms with Crippen LogP contribution in [0.5, 0.6) is 0 Å². The first-order valence-electron chi connectivity index (χ1n) is 6.44. The molecule has 0 bridgehead atoms. The van der Waals surface area contributed by atoms with Crippen LogP contribution in [0.3, 0.4) is 0 Å². The number of thioether (sulfide) groups is 1. The van der Waals surface area contributed by atoms with Gasteiger partial charge in [0.15, 0.2) is 0 Å². The van der Waals surface area contributed by atoms with Crippen LogP contribution in [0, 0.1) is 6.92 Å². The third-order valence-electron chi connectivity index (χ3n) is 3.60. The number of nitrogens with zero attached hydrogens (tertiary/aromatic N) is 2. The topological polar surface area (TPSA) is 37.8 Å². The van der Waals surface area contributed by atoms with E-state index in [0.717, 1.165) is 12.4 Å². The summed E-state index contributed by atoms with van der Waals surface area (Å²) in [5, 5.41) is 3.94. The maximum Gasteiger partial charge on any atom is 0.134 e. The van der Waals surface area contributed by atoms with Crippen molar-refractivity contribution in [2.45, 2.75) is 43.8 Å². The summed E-state index contributed by atoms with van der Waals surface area (Å²) in [7, 11) is 0. The lowest BCUT2D eigenvalue weighted by molar-refractivity contribution is 0.411. The summed E-state index contributed by atoms with van der Waals surface area (Å²) in [6.45, 7) is 2.82. The summed E-state index contributed by atoms with van der Waals surface area (Å²) >= 11 is 7.93. The monoisotopic (exact) mass is 285 g/mol. The van der Waals surface area contributed by atoms with E-state index >= 15 is 0 Å². The summed E-state index contributed by atoms with van der Waals surface area (Å²) < 4.78 is 0.365. The van der Waals surface area contributed by atoms with Gasteiger partial charge in [-0.25, -0.2) is 9.97 Å². The standard InChI is InChI=1S/C13H20ClN3S/c1-10-16-11(14)8-12(17-10)15-9-13(18-2)6-4-3-5-7-13/h8H,3-7,9H2,1-2H3,(H,15,16,17). The molecule has 100 valence electrons. The van der Waals surface area contributed by atoms with Crippen LogP contribution in [0.25, 0.3) is 0 Å². The second-order valence-corrected chi connectivity index (χ2v) is 6.59. The van der Waals surface area contributed by atoms with Crippen molar-refractivity contribution in [2.24, 2.45) is 0 Å². The van der Waals surface area contributed by atoms with Crippen LogP contribution in [0.15, 0.2) is 6.07 Å². The molecular formula is C13H20ClN3S. The Bertz CT molecular complexity index is 385. The Kier molecular flexibility index (Phi) is 4.73. The molecule has 18 heavy (non-hydrogen) atoms. The molecule has 1 aromatic rings. The summed E-state index contributed by atoms with van der Waals surface area (Å²) in [4.78, 5) is 8.44. The van der Waals surface area contributed by atoms with Gasteiger partial charge in [0.2, 0.25) is 0 Å². The van der Waals surface area contributed by atoms with E-state index < -0.39 is 0 Å². The minimum absolute atomic E-state index is 0.365. The van der Waals surface area contributed by atoms with Gasteiger partial charge in [0.05, 0.1) is 0 Å². The molecule has 1 saturated carbocycles. The highest BCUT2D eigenvalue weighted by atomic mass is 35.5. The summed E-state index contributed by atoms with van der Waals surface area (Å²) in [5.74, 6) is 1.55. The maximum absolute atomic E-state index is 5.94. The van der Waals surface area contributed by atoms with Crippen molar-refractivity contribution in [3.63, 3.8) is 0 Å². The quantitative estimate of drug-likeness (QED) is 0.851. The first kappa shape index (κ1) is 13.9. The first-order chi connectivity index (χ1) is 8.63. The van der Waals surface area contributed by atoms with Crippen LogP contribution in [0.1, 0.15) is 37.9 Å². The van der Waals surface area contributed by atoms with Crippen LogP contribution in [0.4, 0.5) is 5.82 Å². The number of aromatic nitrogens is 2. The molecule has 1 heterocycles. The molecule has 5 heteroatoms. The zero-order chi connectivity index (χ0) is 13.0. The predicted octanol–water partition coefficient (Wildman–Crippen LogP) is 3.92. The van der Waals surface area contributed by atoms with E-state index in [1.165, 1.54) is 32.1 Å². The van der Waals surface area contributed by atoms with Gasteiger partial charge in [0.1, 0.15) is 16.8 Å². The van der Waals surface area contributed by atoms with Crippen molar-refractivity contribution >= 4 is 29.2 Å². The van der Waals surface area contributed by atoms with Gasteiger partial charge >= 0.3 is 0 Å². The molecule has 0 aliphatic heterocycles. The average molecular weight is 286 g/mol. The number of anilines is 1. The van der Waals surface area contributed by atoms with E-state index in [2.05, 4.69) is 21.5 Å². The highest BCUT2D eigenvalue weighted by Crippen LogP contribution is 2.38. The molecule has 0 saturated heterocycles. The van der Waals surface area contributed by atoms with Crippen LogP contribution >= 0.6 is 23.4 Å². The van der Waals surface area contributed by atoms with Gasteiger partial charge < -0.3 is 5.32 Å². The van der Waals surface area contributed by atoms with Crippen molar-refractivity contribution in [2.75, 3.05) is 18.1 Å². The fraction of sp³-hybridized carbons (Fsp3) is 0.692. The first-order valence-corrected chi connectivity index (χ1v) is 8.04. The van der Waals surface area contributed by atoms with Gasteiger partial charge in [0, 0.05) is 17.4 Å². The van der Waals surface area contributed by atoms with Gasteiger partial charge in [-0.3, -0.25) is 0 Å². The Morgan fingerprint density at radius 3 is 2.67 bits per heavy atom. The van der Waals surface area contributed by atoms with Crippen molar-refractivity contribution in [1.29, 1.82) is 0 Å². The fourth-order valence-corrected chi connectivity index (χ4v) is 3.66. The summed E-state index contributed by atoms with van der Waals surface area (Å²) in [6, 6.07) is 1.80. The van der Waals surface area contributed by atoms with Crippen molar-refractivity contribution < 1.29 is 0 Å². The number of hydrogen-bond donors (Lipinski definition) is 1. The van der Waals surface area contributed by atoms with Gasteiger partial charge in [-0.05, 0) is 26.0 Å². The molecule has 1 aromatic heterocycles. The van der Waals surface area contributed by atoms with Gasteiger partial charge in [-0.2, -0.15) is 11.8 Å². The average Bonchev–Trinajstić information content (AvgIpc) is 2.36. The number of rotatable bonds is 4. The van der Waals surface area contributed by atoms with Crippen LogP contribution in [-0.4, -0.2) is 27.5 Å². The molecule has 2 rings (SSSR count). The molecule has 0 amide bonds. The minimum Gasteiger partial charge on any atom is -0.369 e. The number of nitrogens with one attached hydrogen (secondary N) is 1. The lowest BCUT2D eigenvalue weighted by Gasteiger charge is -2.36. The number of hydrogen-bond acceptors (Lipinski definition) is 4. The van der Waals surface area contributed by atoms with Crippen molar-refractivity contribution in [3.05, 3.63) is 17.0 Å². The molecule has 0 aromatic carbocycles. The smallest absolute Gasteiger partial charge is 0.134 e. The lowest BCUT2D eigenvalue weighted by Crippen LogP contribution is -2.35. The summed E-state index contributed by atoms with van der Waals surface area (Å²) in [5.41, 5.74) is 0. The highest BCUT2D eigenvalue weighted by Gasteiger charge is 2.30. The third kappa shape index (κ3) is 3.51. The highest BCUT2D eigenvalue weighted by molar-refractivity contribution is 8.00. The Balaban J connectivity index is 2.00. The zero-order valence-electron chi connectivity index (χ0n) is 11.0. The fourth-order valence-electron chi connectivity index (χ4n) is 2.52. The lowest BCUT2D eigenvalue weighted by atomic mass is 9.88. The SMILES string of the molecule is CSC1(CNc2cc(Cl)nc(C)n2)CCCCC1. The third-order valence-corrected chi connectivity index (χ3v) is 5.21. The molecule has 1 aliphatic carbocycles. The van der Waals surface area contributed by atoms with Crippen LogP contribution < -0.4 is 5.32 Å². The van der Waals surface area contributed by atoms with E-state index in [4.69, 9.17) is 11.6 Å². The van der Waals surface area contributed by atoms with E-state index in [1.807, 2.05) is 18.7 Å². The van der Waals surface area contributed by atoms with E-state index in [-0.39, 0.29) is 0 Å². The van der Waals surface area contributed by atoms with Crippen LogP contribution in [-0.2, 0) is 0 Å². The molecule has 0 radical (unpaired) electrons. The second-order valence-electron chi connectivity index (χ2n) is 4.92. The Morgan fingerprint density at radius 1 is 1.33 bits per heavy atom. The Labute approximate surface area is 118 Å². The molecule has 1 fully saturated rings. The van der Waals surface area contributed by atoms with E-state index in [9.17, 15) is 0 Å². The molecule has 3 nitrogen and oxygen atoms in total. The van der Waals surface area contributed by atoms with E-state index in [0.29, 0.717) is 15.7 Å². The number of halogens is 1. The Morgan fingerprint density at radius 2 is 2.06 bits per heavy atom. The minimum atomic E-state index is 0.365. The van der Waals surface area contributed by atoms with Gasteiger partial charge in [-0.15, -0.1) is 0 Å². The normalized spacial score (nSPS) is 18.6. The van der Waals surface area contributed by atoms with Crippen molar-refractivity contribution in [1.82, 2.24) is 9.97 Å². The molecule has 0 spiro atoms. The summed E-state index contributed by atoms with van der Waals surface area (Å²) in [6.07, 6.45) is 8.85. The largest absolute Gasteiger partial charge is 0.369 e. The molecular weight excluding hydrogens is 266 g/mol. The van der Waals surface area contributed by atoms with Gasteiger partial charge in [-0.1, -0.05) is 30.9 Å². The van der Waals surface area contributed by atoms with E-state index in [1.54, 1.807) is 6.07 Å². The molecule has 0 unspecified atom stereocenters. The maximum atomic E-state index is 5.94. The second kappa shape index (κ2) is 6.11. The predicted molar refractivity (Wildman–Crippen MR) is 79.6 cm³/mol. The molecule has 0 atom stereocenters. The Hall–Kier alpha value is -0.480. The molecule has 1 N–H and O–H groups in total. The van der Waals surface area contributed by atoms with Crippen molar-refractivity contribution in [3.8, 4) is 0 Å². The molecule has 1 aliphatic rings. The van der Waals surface area contributed by atoms with Gasteiger partial charge in [0.25, 0.3) is 0 Å². The zero-order valence-corrected chi connectivity index (χ0v) is 12.6.